The summed E-state index contributed by atoms with van der Waals surface area (Å²) in [7, 11) is 1.90. The monoisotopic (exact) mass is 509 g/mol. The molecule has 0 spiro atoms. The molecule has 0 bridgehead atoms. The predicted molar refractivity (Wildman–Crippen MR) is 143 cm³/mol. The molecule has 1 atom stereocenters. The van der Waals surface area contributed by atoms with Crippen LogP contribution in [-0.4, -0.2) is 27.4 Å². The van der Waals surface area contributed by atoms with Crippen LogP contribution >= 0.6 is 12.1 Å². The van der Waals surface area contributed by atoms with Gasteiger partial charge in [0.2, 0.25) is 0 Å². The first kappa shape index (κ1) is 26.0. The topological polar surface area (TPSA) is 83.2 Å². The molecule has 190 valence electrons. The lowest BCUT2D eigenvalue weighted by atomic mass is 9.81. The number of nitrogens with one attached hydrogen (secondary N) is 1. The van der Waals surface area contributed by atoms with Crippen molar-refractivity contribution in [1.29, 1.82) is 5.26 Å². The third-order valence-electron chi connectivity index (χ3n) is 7.52. The highest BCUT2D eigenvalue weighted by Gasteiger charge is 2.37. The average molecular weight is 510 g/mol. The van der Waals surface area contributed by atoms with Gasteiger partial charge >= 0.3 is 0 Å². The van der Waals surface area contributed by atoms with E-state index in [9.17, 15) is 14.4 Å². The van der Waals surface area contributed by atoms with Crippen LogP contribution in [0.5, 0.6) is 11.5 Å². The molecule has 3 aromatic rings. The summed E-state index contributed by atoms with van der Waals surface area (Å²) in [4.78, 5) is 18.0. The molecule has 1 aliphatic carbocycles. The van der Waals surface area contributed by atoms with Gasteiger partial charge in [-0.25, -0.2) is 13.7 Å². The number of ether oxygens (including phenoxy) is 1. The highest BCUT2D eigenvalue weighted by atomic mass is 32.2. The van der Waals surface area contributed by atoms with Crippen molar-refractivity contribution in [2.24, 2.45) is 5.41 Å². The summed E-state index contributed by atoms with van der Waals surface area (Å²) in [5.74, 6) is -0.568. The Bertz CT molecular complexity index is 1350. The Morgan fingerprint density at radius 3 is 2.75 bits per heavy atom. The third kappa shape index (κ3) is 5.06. The van der Waals surface area contributed by atoms with E-state index in [1.54, 1.807) is 29.1 Å². The molecule has 0 saturated heterocycles. The molecule has 1 unspecified atom stereocenters. The number of benzene rings is 2. The molecule has 0 radical (unpaired) electrons. The van der Waals surface area contributed by atoms with Crippen molar-refractivity contribution in [3.63, 3.8) is 0 Å². The zero-order valence-corrected chi connectivity index (χ0v) is 22.0. The largest absolute Gasteiger partial charge is 0.453 e. The average Bonchev–Trinajstić information content (AvgIpc) is 3.34. The second-order valence-electron chi connectivity index (χ2n) is 9.39. The smallest absolute Gasteiger partial charge is 0.261 e. The summed E-state index contributed by atoms with van der Waals surface area (Å²) in [6.07, 6.45) is 6.86. The first-order valence-electron chi connectivity index (χ1n) is 12.4. The molecule has 0 aliphatic heterocycles. The normalized spacial score (nSPS) is 16.9. The van der Waals surface area contributed by atoms with Gasteiger partial charge in [0.25, 0.3) is 5.56 Å². The lowest BCUT2D eigenvalue weighted by Gasteiger charge is -2.26. The minimum absolute atomic E-state index is 0.0529. The molecule has 1 fully saturated rings. The molecule has 9 heteroatoms. The maximum atomic E-state index is 14.8. The van der Waals surface area contributed by atoms with Gasteiger partial charge in [-0.1, -0.05) is 33.6 Å². The number of aromatic nitrogens is 2. The Hall–Kier alpha value is -3.09. The molecule has 0 amide bonds. The van der Waals surface area contributed by atoms with E-state index in [-0.39, 0.29) is 34.1 Å². The van der Waals surface area contributed by atoms with E-state index in [1.165, 1.54) is 24.3 Å². The lowest BCUT2D eigenvalue weighted by molar-refractivity contribution is 0.259. The van der Waals surface area contributed by atoms with Crippen molar-refractivity contribution in [2.45, 2.75) is 58.9 Å². The van der Waals surface area contributed by atoms with Crippen LogP contribution in [0.4, 0.5) is 10.1 Å². The van der Waals surface area contributed by atoms with E-state index in [0.717, 1.165) is 38.6 Å². The van der Waals surface area contributed by atoms with E-state index < -0.39 is 5.82 Å². The van der Waals surface area contributed by atoms with Gasteiger partial charge in [0.1, 0.15) is 17.4 Å². The second-order valence-corrected chi connectivity index (χ2v) is 10.4. The fourth-order valence-corrected chi connectivity index (χ4v) is 5.46. The van der Waals surface area contributed by atoms with Crippen LogP contribution in [-0.2, 0) is 0 Å². The number of nitriles is 1. The van der Waals surface area contributed by atoms with Gasteiger partial charge < -0.3 is 9.46 Å². The molecule has 1 aliphatic rings. The van der Waals surface area contributed by atoms with Gasteiger partial charge in [-0.15, -0.1) is 0 Å². The molecule has 4 rings (SSSR count). The fourth-order valence-electron chi connectivity index (χ4n) is 4.91. The van der Waals surface area contributed by atoms with Crippen LogP contribution in [0, 0.1) is 22.6 Å². The molecule has 36 heavy (non-hydrogen) atoms. The predicted octanol–water partition coefficient (Wildman–Crippen LogP) is 6.66. The van der Waals surface area contributed by atoms with E-state index in [2.05, 4.69) is 23.6 Å². The van der Waals surface area contributed by atoms with E-state index in [1.807, 2.05) is 24.3 Å². The first-order chi connectivity index (χ1) is 17.3. The van der Waals surface area contributed by atoms with E-state index >= 15 is 0 Å². The van der Waals surface area contributed by atoms with Gasteiger partial charge in [-0.05, 0) is 62.1 Å². The SMILES string of the molecule is CCN(C)SNc1ccc(F)c(Oc2ccc3ncn(C4CCC(CC)(CC)C4)c(=O)c3c2)c1C#N. The zero-order chi connectivity index (χ0) is 25.9. The molecule has 1 heterocycles. The summed E-state index contributed by atoms with van der Waals surface area (Å²) >= 11 is 1.30. The fraction of sp³-hybridized carbons (Fsp3) is 0.444. The number of anilines is 1. The summed E-state index contributed by atoms with van der Waals surface area (Å²) in [5.41, 5.74) is 1.19. The number of hydrogen-bond acceptors (Lipinski definition) is 7. The summed E-state index contributed by atoms with van der Waals surface area (Å²) in [6.45, 7) is 7.22. The van der Waals surface area contributed by atoms with Crippen molar-refractivity contribution in [1.82, 2.24) is 13.9 Å². The molecule has 2 aromatic carbocycles. The van der Waals surface area contributed by atoms with Crippen LogP contribution in [0.1, 0.15) is 64.5 Å². The van der Waals surface area contributed by atoms with Gasteiger partial charge in [0, 0.05) is 24.7 Å². The molecular weight excluding hydrogens is 477 g/mol. The quantitative estimate of drug-likeness (QED) is 0.323. The Kier molecular flexibility index (Phi) is 7.86. The van der Waals surface area contributed by atoms with Crippen LogP contribution in [0.2, 0.25) is 0 Å². The minimum atomic E-state index is -0.656. The van der Waals surface area contributed by atoms with Crippen molar-refractivity contribution in [3.8, 4) is 17.6 Å². The Labute approximate surface area is 215 Å². The van der Waals surface area contributed by atoms with Gasteiger partial charge in [-0.2, -0.15) is 5.26 Å². The summed E-state index contributed by atoms with van der Waals surface area (Å²) in [5, 5.41) is 10.2. The standard InChI is InChI=1S/C27H32FN5O2S/c1-5-27(6-2)13-12-18(15-27)33-17-30-23-10-8-19(14-20(23)26(33)34)35-25-21(16-29)24(11-9-22(25)28)31-36-32(4)7-3/h8-11,14,17-18,31H,5-7,12-13,15H2,1-4H3. The van der Waals surface area contributed by atoms with Gasteiger partial charge in [0.15, 0.2) is 11.6 Å². The van der Waals surface area contributed by atoms with Crippen LogP contribution in [0.15, 0.2) is 41.5 Å². The van der Waals surface area contributed by atoms with Gasteiger partial charge in [-0.3, -0.25) is 9.36 Å². The zero-order valence-electron chi connectivity index (χ0n) is 21.2. The van der Waals surface area contributed by atoms with Crippen molar-refractivity contribution in [2.75, 3.05) is 18.3 Å². The highest BCUT2D eigenvalue weighted by Crippen LogP contribution is 2.48. The Morgan fingerprint density at radius 1 is 1.31 bits per heavy atom. The number of rotatable bonds is 9. The second kappa shape index (κ2) is 10.9. The minimum Gasteiger partial charge on any atom is -0.453 e. The maximum absolute atomic E-state index is 14.8. The molecule has 1 aromatic heterocycles. The lowest BCUT2D eigenvalue weighted by Crippen LogP contribution is -2.25. The summed E-state index contributed by atoms with van der Waals surface area (Å²) < 4.78 is 27.4. The van der Waals surface area contributed by atoms with Crippen molar-refractivity contribution in [3.05, 3.63) is 58.4 Å². The van der Waals surface area contributed by atoms with E-state index in [4.69, 9.17) is 4.74 Å². The summed E-state index contributed by atoms with van der Waals surface area (Å²) in [6, 6.07) is 9.83. The van der Waals surface area contributed by atoms with Gasteiger partial charge in [0.05, 0.1) is 22.9 Å². The molecular formula is C27H32FN5O2S. The van der Waals surface area contributed by atoms with E-state index in [0.29, 0.717) is 16.6 Å². The van der Waals surface area contributed by atoms with Crippen molar-refractivity contribution < 1.29 is 9.13 Å². The molecule has 7 nitrogen and oxygen atoms in total. The first-order valence-corrected chi connectivity index (χ1v) is 13.2. The number of nitrogens with zero attached hydrogens (tertiary/aromatic N) is 4. The Morgan fingerprint density at radius 2 is 2.08 bits per heavy atom. The molecule has 1 N–H and O–H groups in total. The van der Waals surface area contributed by atoms with Crippen LogP contribution in [0.3, 0.4) is 0 Å². The van der Waals surface area contributed by atoms with Crippen LogP contribution < -0.4 is 15.0 Å². The third-order valence-corrected chi connectivity index (χ3v) is 8.40. The molecule has 1 saturated carbocycles. The number of halogens is 1. The van der Waals surface area contributed by atoms with Crippen LogP contribution in [0.25, 0.3) is 10.9 Å². The maximum Gasteiger partial charge on any atom is 0.261 e. The number of fused-ring (bicyclic) bond motifs is 1. The number of hydrogen-bond donors (Lipinski definition) is 1. The van der Waals surface area contributed by atoms with Crippen molar-refractivity contribution >= 4 is 28.7 Å². The Balaban J connectivity index is 1.66. The highest BCUT2D eigenvalue weighted by molar-refractivity contribution is 7.98.